The first-order chi connectivity index (χ1) is 13.6. The Balaban J connectivity index is 2.34. The Morgan fingerprint density at radius 2 is 1.28 bits per heavy atom. The molecule has 0 aliphatic carbocycles. The van der Waals surface area contributed by atoms with E-state index in [1.165, 1.54) is 6.92 Å². The van der Waals surface area contributed by atoms with Gasteiger partial charge in [-0.05, 0) is 31.2 Å². The van der Waals surface area contributed by atoms with E-state index in [4.69, 9.17) is 14.2 Å². The minimum atomic E-state index is -4.33. The molecule has 0 aliphatic rings. The van der Waals surface area contributed by atoms with E-state index in [0.29, 0.717) is 11.4 Å². The summed E-state index contributed by atoms with van der Waals surface area (Å²) in [5.41, 5.74) is 0.872. The Bertz CT molecular complexity index is 969. The standard InChI is InChI=1S/C17H22N2O8S2/c1-15(29(23,24)25)14-27-19(17-10-6-3-7-11-17)18(16-8-4-2-5-9-16)26-12-13-28(20,21)22/h2-11,15H,12-14H2,1H3,(H,20,21,22)(H,23,24,25). The number of rotatable bonds is 11. The molecular formula is C17H22N2O8S2. The van der Waals surface area contributed by atoms with Gasteiger partial charge in [0.2, 0.25) is 0 Å². The summed E-state index contributed by atoms with van der Waals surface area (Å²) in [7, 11) is -8.59. The summed E-state index contributed by atoms with van der Waals surface area (Å²) in [5.74, 6) is -0.666. The van der Waals surface area contributed by atoms with Gasteiger partial charge >= 0.3 is 0 Å². The van der Waals surface area contributed by atoms with Crippen molar-refractivity contribution < 1.29 is 35.6 Å². The fraction of sp³-hybridized carbons (Fsp3) is 0.294. The number of hydrogen-bond donors (Lipinski definition) is 2. The minimum absolute atomic E-state index is 0.408. The highest BCUT2D eigenvalue weighted by atomic mass is 32.2. The van der Waals surface area contributed by atoms with Gasteiger partial charge < -0.3 is 0 Å². The van der Waals surface area contributed by atoms with Crippen molar-refractivity contribution in [1.82, 2.24) is 0 Å². The maximum atomic E-state index is 11.3. The molecule has 2 aromatic rings. The lowest BCUT2D eigenvalue weighted by Gasteiger charge is -2.35. The highest BCUT2D eigenvalue weighted by Crippen LogP contribution is 2.24. The van der Waals surface area contributed by atoms with Gasteiger partial charge in [-0.2, -0.15) is 16.8 Å². The minimum Gasteiger partial charge on any atom is -0.285 e. The van der Waals surface area contributed by atoms with Crippen LogP contribution in [0.2, 0.25) is 0 Å². The number of anilines is 2. The largest absolute Gasteiger partial charge is 0.285 e. The van der Waals surface area contributed by atoms with E-state index in [9.17, 15) is 21.4 Å². The zero-order valence-corrected chi connectivity index (χ0v) is 17.2. The number of hydrazine groups is 1. The van der Waals surface area contributed by atoms with Crippen LogP contribution >= 0.6 is 0 Å². The molecule has 12 heteroatoms. The summed E-state index contributed by atoms with van der Waals surface area (Å²) in [6.07, 6.45) is 0. The summed E-state index contributed by atoms with van der Waals surface area (Å²) < 4.78 is 62.9. The smallest absolute Gasteiger partial charge is 0.269 e. The van der Waals surface area contributed by atoms with E-state index in [1.54, 1.807) is 60.7 Å². The van der Waals surface area contributed by atoms with Crippen LogP contribution in [0.3, 0.4) is 0 Å². The van der Waals surface area contributed by atoms with E-state index in [-0.39, 0.29) is 0 Å². The average Bonchev–Trinajstić information content (AvgIpc) is 2.66. The average molecular weight is 447 g/mol. The number of nitrogens with zero attached hydrogens (tertiary/aromatic N) is 2. The molecule has 29 heavy (non-hydrogen) atoms. The second-order valence-electron chi connectivity index (χ2n) is 5.96. The van der Waals surface area contributed by atoms with E-state index in [2.05, 4.69) is 0 Å². The molecule has 1 unspecified atom stereocenters. The van der Waals surface area contributed by atoms with Gasteiger partial charge in [0, 0.05) is 0 Å². The molecule has 10 nitrogen and oxygen atoms in total. The van der Waals surface area contributed by atoms with Gasteiger partial charge in [0.05, 0.1) is 24.6 Å². The normalized spacial score (nSPS) is 13.1. The van der Waals surface area contributed by atoms with E-state index < -0.39 is 44.5 Å². The van der Waals surface area contributed by atoms with Gasteiger partial charge in [-0.3, -0.25) is 18.8 Å². The Morgan fingerprint density at radius 3 is 1.69 bits per heavy atom. The van der Waals surface area contributed by atoms with Gasteiger partial charge in [0.15, 0.2) is 0 Å². The van der Waals surface area contributed by atoms with Gasteiger partial charge in [-0.25, -0.2) is 0 Å². The van der Waals surface area contributed by atoms with Crippen molar-refractivity contribution in [3.8, 4) is 0 Å². The molecule has 0 aromatic heterocycles. The Hall–Kier alpha value is -2.22. The van der Waals surface area contributed by atoms with Crippen LogP contribution < -0.4 is 10.3 Å². The Labute approximate surface area is 169 Å². The van der Waals surface area contributed by atoms with Crippen LogP contribution in [0.1, 0.15) is 6.92 Å². The molecule has 0 saturated carbocycles. The zero-order chi connectivity index (χ0) is 21.5. The van der Waals surface area contributed by atoms with Crippen LogP contribution in [0.4, 0.5) is 11.4 Å². The fourth-order valence-corrected chi connectivity index (χ4v) is 2.58. The summed E-state index contributed by atoms with van der Waals surface area (Å²) in [6, 6.07) is 17.0. The second-order valence-corrected chi connectivity index (χ2v) is 9.36. The fourth-order valence-electron chi connectivity index (χ4n) is 2.07. The predicted octanol–water partition coefficient (Wildman–Crippen LogP) is 1.94. The van der Waals surface area contributed by atoms with Crippen LogP contribution in [0.25, 0.3) is 0 Å². The molecule has 0 radical (unpaired) electrons. The predicted molar refractivity (Wildman–Crippen MR) is 107 cm³/mol. The van der Waals surface area contributed by atoms with E-state index >= 15 is 0 Å². The molecule has 0 bridgehead atoms. The first kappa shape index (κ1) is 23.1. The van der Waals surface area contributed by atoms with Crippen molar-refractivity contribution in [2.75, 3.05) is 29.3 Å². The third-order valence-corrected chi connectivity index (χ3v) is 5.45. The topological polar surface area (TPSA) is 134 Å². The molecule has 0 amide bonds. The van der Waals surface area contributed by atoms with Crippen molar-refractivity contribution in [3.63, 3.8) is 0 Å². The molecule has 0 heterocycles. The SMILES string of the molecule is CC(CON(c1ccccc1)N(OCCS(=O)(=O)O)c1ccccc1)S(=O)(=O)O. The van der Waals surface area contributed by atoms with Crippen molar-refractivity contribution in [2.45, 2.75) is 12.2 Å². The second kappa shape index (κ2) is 10.0. The molecule has 0 aliphatic heterocycles. The number of para-hydroxylation sites is 2. The molecule has 1 atom stereocenters. The lowest BCUT2D eigenvalue weighted by Crippen LogP contribution is -2.45. The summed E-state index contributed by atoms with van der Waals surface area (Å²) in [4.78, 5) is 11.1. The van der Waals surface area contributed by atoms with E-state index in [0.717, 1.165) is 10.3 Å². The van der Waals surface area contributed by atoms with Crippen molar-refractivity contribution in [1.29, 1.82) is 0 Å². The van der Waals surface area contributed by atoms with Gasteiger partial charge in [-0.15, -0.1) is 10.3 Å². The Morgan fingerprint density at radius 1 is 0.828 bits per heavy atom. The first-order valence-electron chi connectivity index (χ1n) is 8.45. The number of benzene rings is 2. The van der Waals surface area contributed by atoms with Gasteiger partial charge in [-0.1, -0.05) is 36.4 Å². The highest BCUT2D eigenvalue weighted by Gasteiger charge is 2.24. The summed E-state index contributed by atoms with van der Waals surface area (Å²) >= 11 is 0. The Kier molecular flexibility index (Phi) is 7.96. The van der Waals surface area contributed by atoms with Crippen LogP contribution in [0, 0.1) is 0 Å². The maximum absolute atomic E-state index is 11.3. The van der Waals surface area contributed by atoms with Gasteiger partial charge in [0.1, 0.15) is 11.0 Å². The van der Waals surface area contributed by atoms with Gasteiger partial charge in [0.25, 0.3) is 20.2 Å². The lowest BCUT2D eigenvalue weighted by molar-refractivity contribution is 0.00462. The monoisotopic (exact) mass is 446 g/mol. The van der Waals surface area contributed by atoms with Crippen LogP contribution in [-0.2, 0) is 29.9 Å². The van der Waals surface area contributed by atoms with Crippen LogP contribution in [-0.4, -0.2) is 50.2 Å². The molecule has 2 rings (SSSR count). The van der Waals surface area contributed by atoms with Crippen molar-refractivity contribution >= 4 is 31.6 Å². The summed E-state index contributed by atoms with van der Waals surface area (Å²) in [6.45, 7) is 0.442. The zero-order valence-electron chi connectivity index (χ0n) is 15.5. The van der Waals surface area contributed by atoms with Crippen molar-refractivity contribution in [3.05, 3.63) is 60.7 Å². The molecular weight excluding hydrogens is 424 g/mol. The van der Waals surface area contributed by atoms with E-state index in [1.807, 2.05) is 0 Å². The molecule has 0 fully saturated rings. The quantitative estimate of drug-likeness (QED) is 0.389. The van der Waals surface area contributed by atoms with Crippen molar-refractivity contribution in [2.24, 2.45) is 0 Å². The third-order valence-electron chi connectivity index (χ3n) is 3.61. The van der Waals surface area contributed by atoms with Crippen LogP contribution in [0.15, 0.2) is 60.7 Å². The molecule has 2 N–H and O–H groups in total. The third kappa shape index (κ3) is 7.61. The maximum Gasteiger partial charge on any atom is 0.269 e. The highest BCUT2D eigenvalue weighted by molar-refractivity contribution is 7.86. The molecule has 2 aromatic carbocycles. The lowest BCUT2D eigenvalue weighted by atomic mass is 10.3. The molecule has 160 valence electrons. The first-order valence-corrected chi connectivity index (χ1v) is 11.6. The molecule has 0 saturated heterocycles. The molecule has 0 spiro atoms. The summed E-state index contributed by atoms with van der Waals surface area (Å²) in [5, 5.41) is 1.02. The van der Waals surface area contributed by atoms with Crippen LogP contribution in [0.5, 0.6) is 0 Å². The number of hydrogen-bond acceptors (Lipinski definition) is 8.